The van der Waals surface area contributed by atoms with Crippen LogP contribution in [0.25, 0.3) is 0 Å². The predicted molar refractivity (Wildman–Crippen MR) is 61.2 cm³/mol. The van der Waals surface area contributed by atoms with Crippen LogP contribution in [0.15, 0.2) is 28.0 Å². The molecule has 8 heteroatoms. The highest BCUT2D eigenvalue weighted by atomic mass is 32.2. The van der Waals surface area contributed by atoms with Gasteiger partial charge in [-0.1, -0.05) is 0 Å². The average molecular weight is 277 g/mol. The summed E-state index contributed by atoms with van der Waals surface area (Å²) in [5.74, 6) is -0.925. The Balaban J connectivity index is 3.69. The summed E-state index contributed by atoms with van der Waals surface area (Å²) >= 11 is 0. The number of carbonyl (C=O) groups is 1. The van der Waals surface area contributed by atoms with Gasteiger partial charge in [-0.05, 0) is 18.2 Å². The van der Waals surface area contributed by atoms with Crippen molar-refractivity contribution in [3.8, 4) is 0 Å². The van der Waals surface area contributed by atoms with E-state index in [0.29, 0.717) is 0 Å². The Bertz CT molecular complexity index is 673. The SMILES string of the molecule is CS(=O)(=O)c1ccc(C(N)=O)c(S(C)(=O)=O)c1. The first-order valence-electron chi connectivity index (χ1n) is 4.37. The van der Waals surface area contributed by atoms with Crippen LogP contribution in [-0.4, -0.2) is 35.3 Å². The molecular weight excluding hydrogens is 266 g/mol. The molecular formula is C9H11NO5S2. The quantitative estimate of drug-likeness (QED) is 0.807. The van der Waals surface area contributed by atoms with Crippen molar-refractivity contribution in [2.45, 2.75) is 9.79 Å². The van der Waals surface area contributed by atoms with Gasteiger partial charge in [0.2, 0.25) is 5.91 Å². The Morgan fingerprint density at radius 3 is 1.94 bits per heavy atom. The molecule has 0 radical (unpaired) electrons. The smallest absolute Gasteiger partial charge is 0.250 e. The number of hydrogen-bond donors (Lipinski definition) is 1. The van der Waals surface area contributed by atoms with Crippen molar-refractivity contribution in [1.82, 2.24) is 0 Å². The van der Waals surface area contributed by atoms with Crippen LogP contribution in [0.4, 0.5) is 0 Å². The van der Waals surface area contributed by atoms with Crippen LogP contribution in [0.5, 0.6) is 0 Å². The molecule has 1 aromatic rings. The highest BCUT2D eigenvalue weighted by Crippen LogP contribution is 2.20. The van der Waals surface area contributed by atoms with Crippen LogP contribution in [0.3, 0.4) is 0 Å². The van der Waals surface area contributed by atoms with E-state index in [0.717, 1.165) is 30.7 Å². The van der Waals surface area contributed by atoms with Gasteiger partial charge in [0, 0.05) is 12.5 Å². The zero-order valence-electron chi connectivity index (χ0n) is 9.17. The molecule has 0 fully saturated rings. The maximum absolute atomic E-state index is 11.4. The van der Waals surface area contributed by atoms with E-state index in [-0.39, 0.29) is 15.4 Å². The van der Waals surface area contributed by atoms with Crippen LogP contribution in [-0.2, 0) is 19.7 Å². The molecule has 0 unspecified atom stereocenters. The molecule has 0 aliphatic rings. The van der Waals surface area contributed by atoms with Crippen LogP contribution in [0.2, 0.25) is 0 Å². The van der Waals surface area contributed by atoms with Crippen LogP contribution >= 0.6 is 0 Å². The maximum Gasteiger partial charge on any atom is 0.250 e. The van der Waals surface area contributed by atoms with Crippen molar-refractivity contribution >= 4 is 25.6 Å². The first-order valence-corrected chi connectivity index (χ1v) is 8.16. The van der Waals surface area contributed by atoms with Crippen molar-refractivity contribution in [2.24, 2.45) is 5.73 Å². The van der Waals surface area contributed by atoms with Gasteiger partial charge in [-0.3, -0.25) is 4.79 Å². The number of amides is 1. The lowest BCUT2D eigenvalue weighted by molar-refractivity contribution is 0.0997. The minimum atomic E-state index is -3.73. The molecule has 0 bridgehead atoms. The summed E-state index contributed by atoms with van der Waals surface area (Å²) in [6.07, 6.45) is 1.82. The lowest BCUT2D eigenvalue weighted by Crippen LogP contribution is -2.16. The topological polar surface area (TPSA) is 111 Å². The number of benzene rings is 1. The van der Waals surface area contributed by atoms with Gasteiger partial charge in [-0.15, -0.1) is 0 Å². The normalized spacial score (nSPS) is 12.4. The first kappa shape index (κ1) is 13.7. The van der Waals surface area contributed by atoms with Crippen molar-refractivity contribution in [1.29, 1.82) is 0 Å². The number of rotatable bonds is 3. The van der Waals surface area contributed by atoms with Crippen molar-refractivity contribution in [3.05, 3.63) is 23.8 Å². The molecule has 6 nitrogen and oxygen atoms in total. The zero-order valence-corrected chi connectivity index (χ0v) is 10.8. The van der Waals surface area contributed by atoms with Gasteiger partial charge in [0.1, 0.15) is 0 Å². The summed E-state index contributed by atoms with van der Waals surface area (Å²) < 4.78 is 45.4. The van der Waals surface area contributed by atoms with Gasteiger partial charge in [0.05, 0.1) is 15.4 Å². The summed E-state index contributed by atoms with van der Waals surface area (Å²) in [4.78, 5) is 10.5. The molecule has 0 aliphatic heterocycles. The molecule has 0 saturated heterocycles. The number of sulfone groups is 2. The van der Waals surface area contributed by atoms with Gasteiger partial charge in [0.25, 0.3) is 0 Å². The molecule has 0 aliphatic carbocycles. The molecule has 1 rings (SSSR count). The number of carbonyl (C=O) groups excluding carboxylic acids is 1. The predicted octanol–water partition coefficient (Wildman–Crippen LogP) is -0.407. The first-order chi connectivity index (χ1) is 7.53. The summed E-state index contributed by atoms with van der Waals surface area (Å²) in [5.41, 5.74) is 4.80. The highest BCUT2D eigenvalue weighted by Gasteiger charge is 2.20. The van der Waals surface area contributed by atoms with Crippen LogP contribution in [0.1, 0.15) is 10.4 Å². The van der Waals surface area contributed by atoms with E-state index in [9.17, 15) is 21.6 Å². The standard InChI is InChI=1S/C9H11NO5S2/c1-16(12,13)6-3-4-7(9(10)11)8(5-6)17(2,14)15/h3-5H,1-2H3,(H2,10,11). The minimum absolute atomic E-state index is 0.178. The third kappa shape index (κ3) is 3.04. The van der Waals surface area contributed by atoms with Gasteiger partial charge in [-0.25, -0.2) is 16.8 Å². The summed E-state index contributed by atoms with van der Waals surface area (Å²) in [5, 5.41) is 0. The van der Waals surface area contributed by atoms with Crippen molar-refractivity contribution in [3.63, 3.8) is 0 Å². The van der Waals surface area contributed by atoms with E-state index >= 15 is 0 Å². The molecule has 2 N–H and O–H groups in total. The lowest BCUT2D eigenvalue weighted by Gasteiger charge is -2.06. The van der Waals surface area contributed by atoms with Crippen LogP contribution < -0.4 is 5.73 Å². The van der Waals surface area contributed by atoms with E-state index in [1.807, 2.05) is 0 Å². The van der Waals surface area contributed by atoms with E-state index in [4.69, 9.17) is 5.73 Å². The lowest BCUT2D eigenvalue weighted by atomic mass is 10.2. The molecule has 0 atom stereocenters. The van der Waals surface area contributed by atoms with E-state index in [1.54, 1.807) is 0 Å². The molecule has 17 heavy (non-hydrogen) atoms. The number of hydrogen-bond acceptors (Lipinski definition) is 5. The van der Waals surface area contributed by atoms with Crippen LogP contribution in [0, 0.1) is 0 Å². The third-order valence-electron chi connectivity index (χ3n) is 2.05. The molecule has 0 aromatic heterocycles. The van der Waals surface area contributed by atoms with Gasteiger partial charge in [-0.2, -0.15) is 0 Å². The second-order valence-electron chi connectivity index (χ2n) is 3.57. The molecule has 0 saturated carbocycles. The Morgan fingerprint density at radius 1 is 1.06 bits per heavy atom. The Kier molecular flexibility index (Phi) is 3.30. The van der Waals surface area contributed by atoms with Crippen molar-refractivity contribution in [2.75, 3.05) is 12.5 Å². The summed E-state index contributed by atoms with van der Waals surface area (Å²) in [6, 6.07) is 3.17. The summed E-state index contributed by atoms with van der Waals surface area (Å²) in [6.45, 7) is 0. The molecule has 0 spiro atoms. The molecule has 1 aromatic carbocycles. The van der Waals surface area contributed by atoms with Gasteiger partial charge >= 0.3 is 0 Å². The van der Waals surface area contributed by atoms with Gasteiger partial charge in [0.15, 0.2) is 19.7 Å². The summed E-state index contributed by atoms with van der Waals surface area (Å²) in [7, 11) is -7.27. The second kappa shape index (κ2) is 4.11. The van der Waals surface area contributed by atoms with Crippen molar-refractivity contribution < 1.29 is 21.6 Å². The molecule has 94 valence electrons. The number of nitrogens with two attached hydrogens (primary N) is 1. The third-order valence-corrected chi connectivity index (χ3v) is 4.29. The van der Waals surface area contributed by atoms with E-state index in [2.05, 4.69) is 0 Å². The fraction of sp³-hybridized carbons (Fsp3) is 0.222. The second-order valence-corrected chi connectivity index (χ2v) is 7.57. The molecule has 0 heterocycles. The Morgan fingerprint density at radius 2 is 1.59 bits per heavy atom. The Hall–Kier alpha value is -1.41. The monoisotopic (exact) mass is 277 g/mol. The Labute approximate surface area is 99.3 Å². The van der Waals surface area contributed by atoms with E-state index < -0.39 is 25.6 Å². The minimum Gasteiger partial charge on any atom is -0.366 e. The van der Waals surface area contributed by atoms with Gasteiger partial charge < -0.3 is 5.73 Å². The average Bonchev–Trinajstić information content (AvgIpc) is 2.14. The maximum atomic E-state index is 11.4. The fourth-order valence-electron chi connectivity index (χ4n) is 1.24. The molecule has 1 amide bonds. The zero-order chi connectivity index (χ0) is 13.4. The largest absolute Gasteiger partial charge is 0.366 e. The fourth-order valence-corrected chi connectivity index (χ4v) is 2.87. The number of primary amides is 1. The highest BCUT2D eigenvalue weighted by molar-refractivity contribution is 7.91. The van der Waals surface area contributed by atoms with E-state index in [1.165, 1.54) is 0 Å².